The Morgan fingerprint density at radius 1 is 1.10 bits per heavy atom. The summed E-state index contributed by atoms with van der Waals surface area (Å²) in [5.74, 6) is 0.957. The van der Waals surface area contributed by atoms with Crippen LogP contribution < -0.4 is 5.32 Å². The SMILES string of the molecule is CCNC1CCC(CC)CC1N1CC2CCCN2CC1C. The first kappa shape index (κ1) is 15.8. The van der Waals surface area contributed by atoms with Gasteiger partial charge >= 0.3 is 0 Å². The van der Waals surface area contributed by atoms with Crippen molar-refractivity contribution in [3.63, 3.8) is 0 Å². The molecule has 0 radical (unpaired) electrons. The molecule has 0 aromatic carbocycles. The summed E-state index contributed by atoms with van der Waals surface area (Å²) in [5.41, 5.74) is 0. The van der Waals surface area contributed by atoms with Crippen LogP contribution in [0, 0.1) is 5.92 Å². The predicted molar refractivity (Wildman–Crippen MR) is 89.6 cm³/mol. The number of nitrogens with one attached hydrogen (secondary N) is 1. The minimum atomic E-state index is 0.730. The molecular weight excluding hydrogens is 258 g/mol. The van der Waals surface area contributed by atoms with Gasteiger partial charge in [-0.25, -0.2) is 0 Å². The third kappa shape index (κ3) is 3.30. The lowest BCUT2D eigenvalue weighted by molar-refractivity contribution is -0.00486. The molecule has 3 heteroatoms. The Morgan fingerprint density at radius 3 is 2.71 bits per heavy atom. The molecule has 3 nitrogen and oxygen atoms in total. The molecule has 5 unspecified atom stereocenters. The van der Waals surface area contributed by atoms with Crippen LogP contribution in [0.3, 0.4) is 0 Å². The van der Waals surface area contributed by atoms with Crippen molar-refractivity contribution in [2.75, 3.05) is 26.2 Å². The summed E-state index contributed by atoms with van der Waals surface area (Å²) in [6.45, 7) is 12.2. The van der Waals surface area contributed by atoms with Crippen molar-refractivity contribution in [3.05, 3.63) is 0 Å². The monoisotopic (exact) mass is 293 g/mol. The van der Waals surface area contributed by atoms with Crippen molar-refractivity contribution < 1.29 is 0 Å². The first-order valence-electron chi connectivity index (χ1n) is 9.46. The highest BCUT2D eigenvalue weighted by Crippen LogP contribution is 2.34. The Morgan fingerprint density at radius 2 is 1.95 bits per heavy atom. The number of fused-ring (bicyclic) bond motifs is 1. The average molecular weight is 293 g/mol. The van der Waals surface area contributed by atoms with Gasteiger partial charge in [0, 0.05) is 37.3 Å². The minimum Gasteiger partial charge on any atom is -0.313 e. The molecule has 2 heterocycles. The first-order chi connectivity index (χ1) is 10.2. The van der Waals surface area contributed by atoms with Gasteiger partial charge in [0.2, 0.25) is 0 Å². The highest BCUT2D eigenvalue weighted by Gasteiger charge is 2.41. The Kier molecular flexibility index (Phi) is 5.23. The maximum atomic E-state index is 3.80. The van der Waals surface area contributed by atoms with Crippen LogP contribution in [-0.2, 0) is 0 Å². The number of likely N-dealkylation sites (N-methyl/N-ethyl adjacent to an activating group) is 1. The standard InChI is InChI=1S/C18H35N3/c1-4-15-8-9-17(19-5-2)18(11-15)21-13-16-7-6-10-20(16)12-14(21)3/h14-19H,4-13H2,1-3H3. The van der Waals surface area contributed by atoms with E-state index >= 15 is 0 Å². The van der Waals surface area contributed by atoms with Crippen molar-refractivity contribution >= 4 is 0 Å². The molecule has 1 aliphatic carbocycles. The molecule has 1 N–H and O–H groups in total. The summed E-state index contributed by atoms with van der Waals surface area (Å²) >= 11 is 0. The van der Waals surface area contributed by atoms with Crippen molar-refractivity contribution in [2.45, 2.75) is 83.5 Å². The number of nitrogens with zero attached hydrogens (tertiary/aromatic N) is 2. The summed E-state index contributed by atoms with van der Waals surface area (Å²) in [7, 11) is 0. The van der Waals surface area contributed by atoms with Crippen molar-refractivity contribution in [2.24, 2.45) is 5.92 Å². The zero-order valence-electron chi connectivity index (χ0n) is 14.4. The minimum absolute atomic E-state index is 0.730. The average Bonchev–Trinajstić information content (AvgIpc) is 2.94. The number of hydrogen-bond donors (Lipinski definition) is 1. The molecule has 2 saturated heterocycles. The summed E-state index contributed by atoms with van der Waals surface area (Å²) in [4.78, 5) is 5.64. The summed E-state index contributed by atoms with van der Waals surface area (Å²) in [6.07, 6.45) is 8.46. The van der Waals surface area contributed by atoms with Gasteiger partial charge in [-0.1, -0.05) is 20.3 Å². The van der Waals surface area contributed by atoms with Gasteiger partial charge in [0.1, 0.15) is 0 Å². The van der Waals surface area contributed by atoms with E-state index in [9.17, 15) is 0 Å². The lowest BCUT2D eigenvalue weighted by Crippen LogP contribution is -2.63. The third-order valence-electron chi connectivity index (χ3n) is 6.38. The number of piperazine rings is 1. The zero-order valence-corrected chi connectivity index (χ0v) is 14.4. The quantitative estimate of drug-likeness (QED) is 0.860. The Labute approximate surface area is 131 Å². The smallest absolute Gasteiger partial charge is 0.0255 e. The molecule has 0 spiro atoms. The van der Waals surface area contributed by atoms with Gasteiger partial charge in [-0.15, -0.1) is 0 Å². The molecule has 3 rings (SSSR count). The van der Waals surface area contributed by atoms with Crippen LogP contribution in [0.5, 0.6) is 0 Å². The molecule has 21 heavy (non-hydrogen) atoms. The molecule has 0 bridgehead atoms. The van der Waals surface area contributed by atoms with Crippen LogP contribution in [0.1, 0.15) is 59.3 Å². The van der Waals surface area contributed by atoms with Crippen molar-refractivity contribution in [3.8, 4) is 0 Å². The van der Waals surface area contributed by atoms with Crippen LogP contribution in [0.15, 0.2) is 0 Å². The van der Waals surface area contributed by atoms with Gasteiger partial charge in [0.15, 0.2) is 0 Å². The zero-order chi connectivity index (χ0) is 14.8. The fraction of sp³-hybridized carbons (Fsp3) is 1.00. The second-order valence-corrected chi connectivity index (χ2v) is 7.66. The first-order valence-corrected chi connectivity index (χ1v) is 9.46. The number of rotatable bonds is 4. The van der Waals surface area contributed by atoms with E-state index in [2.05, 4.69) is 35.9 Å². The van der Waals surface area contributed by atoms with Gasteiger partial charge in [0.25, 0.3) is 0 Å². The molecule has 5 atom stereocenters. The second kappa shape index (κ2) is 6.97. The van der Waals surface area contributed by atoms with E-state index in [1.807, 2.05) is 0 Å². The van der Waals surface area contributed by atoms with Gasteiger partial charge in [-0.2, -0.15) is 0 Å². The van der Waals surface area contributed by atoms with Crippen LogP contribution in [0.25, 0.3) is 0 Å². The molecule has 122 valence electrons. The molecule has 0 aromatic heterocycles. The van der Waals surface area contributed by atoms with Crippen LogP contribution in [-0.4, -0.2) is 60.1 Å². The normalized spacial score (nSPS) is 42.1. The van der Waals surface area contributed by atoms with Gasteiger partial charge in [-0.3, -0.25) is 9.80 Å². The van der Waals surface area contributed by atoms with E-state index in [1.54, 1.807) is 0 Å². The van der Waals surface area contributed by atoms with E-state index in [0.29, 0.717) is 0 Å². The molecule has 3 fully saturated rings. The number of hydrogen-bond acceptors (Lipinski definition) is 3. The van der Waals surface area contributed by atoms with Crippen LogP contribution in [0.2, 0.25) is 0 Å². The Balaban J connectivity index is 1.71. The van der Waals surface area contributed by atoms with E-state index in [0.717, 1.165) is 36.6 Å². The Hall–Kier alpha value is -0.120. The predicted octanol–water partition coefficient (Wildman–Crippen LogP) is 2.71. The highest BCUT2D eigenvalue weighted by molar-refractivity contribution is 4.98. The fourth-order valence-electron chi connectivity index (χ4n) is 5.14. The van der Waals surface area contributed by atoms with Crippen molar-refractivity contribution in [1.82, 2.24) is 15.1 Å². The lowest BCUT2D eigenvalue weighted by Gasteiger charge is -2.50. The molecule has 0 amide bonds. The largest absolute Gasteiger partial charge is 0.313 e. The van der Waals surface area contributed by atoms with Crippen molar-refractivity contribution in [1.29, 1.82) is 0 Å². The van der Waals surface area contributed by atoms with Crippen LogP contribution >= 0.6 is 0 Å². The van der Waals surface area contributed by atoms with Crippen LogP contribution in [0.4, 0.5) is 0 Å². The molecule has 2 aliphatic heterocycles. The summed E-state index contributed by atoms with van der Waals surface area (Å²) in [5, 5.41) is 3.80. The van der Waals surface area contributed by atoms with E-state index < -0.39 is 0 Å². The van der Waals surface area contributed by atoms with Gasteiger partial charge in [-0.05, 0) is 58.0 Å². The lowest BCUT2D eigenvalue weighted by atomic mass is 9.79. The topological polar surface area (TPSA) is 18.5 Å². The second-order valence-electron chi connectivity index (χ2n) is 7.66. The molecule has 1 saturated carbocycles. The molecule has 0 aromatic rings. The van der Waals surface area contributed by atoms with Gasteiger partial charge in [0.05, 0.1) is 0 Å². The van der Waals surface area contributed by atoms with E-state index in [-0.39, 0.29) is 0 Å². The Bertz CT molecular complexity index is 332. The van der Waals surface area contributed by atoms with E-state index in [1.165, 1.54) is 58.2 Å². The summed E-state index contributed by atoms with van der Waals surface area (Å²) < 4.78 is 0. The maximum absolute atomic E-state index is 3.80. The molecule has 3 aliphatic rings. The summed E-state index contributed by atoms with van der Waals surface area (Å²) in [6, 6.07) is 3.10. The van der Waals surface area contributed by atoms with Gasteiger partial charge < -0.3 is 5.32 Å². The molecular formula is C18H35N3. The third-order valence-corrected chi connectivity index (χ3v) is 6.38. The highest BCUT2D eigenvalue weighted by atomic mass is 15.3. The van der Waals surface area contributed by atoms with E-state index in [4.69, 9.17) is 0 Å². The maximum Gasteiger partial charge on any atom is 0.0255 e. The fourth-order valence-corrected chi connectivity index (χ4v) is 5.14.